The van der Waals surface area contributed by atoms with E-state index in [2.05, 4.69) is 10.4 Å². The maximum Gasteiger partial charge on any atom is 0.335 e. The van der Waals surface area contributed by atoms with Crippen LogP contribution in [-0.4, -0.2) is 13.5 Å². The number of fused-ring (bicyclic) bond motifs is 1. The number of benzene rings is 1. The Morgan fingerprint density at radius 1 is 1.32 bits per heavy atom. The van der Waals surface area contributed by atoms with Crippen molar-refractivity contribution >= 4 is 21.6 Å². The first kappa shape index (κ1) is 14.2. The summed E-state index contributed by atoms with van der Waals surface area (Å²) in [5, 5.41) is 9.65. The van der Waals surface area contributed by atoms with Crippen molar-refractivity contribution in [2.45, 2.75) is 13.3 Å². The van der Waals surface area contributed by atoms with Crippen LogP contribution in [0, 0.1) is 18.3 Å². The highest BCUT2D eigenvalue weighted by atomic mass is 32.1. The number of rotatable bonds is 2. The van der Waals surface area contributed by atoms with Crippen molar-refractivity contribution in [3.05, 3.63) is 56.5 Å². The average Bonchev–Trinajstić information content (AvgIpc) is 2.88. The summed E-state index contributed by atoms with van der Waals surface area (Å²) in [6.45, 7) is 1.71. The third-order valence-corrected chi connectivity index (χ3v) is 4.46. The van der Waals surface area contributed by atoms with E-state index in [4.69, 9.17) is 5.26 Å². The molecule has 1 aromatic carbocycles. The second-order valence-electron chi connectivity index (χ2n) is 4.95. The van der Waals surface area contributed by atoms with E-state index >= 15 is 0 Å². The Morgan fingerprint density at radius 3 is 2.82 bits per heavy atom. The highest BCUT2D eigenvalue weighted by Gasteiger charge is 2.11. The lowest BCUT2D eigenvalue weighted by atomic mass is 10.1. The molecule has 0 atom stereocenters. The van der Waals surface area contributed by atoms with Crippen LogP contribution in [0.15, 0.2) is 33.9 Å². The van der Waals surface area contributed by atoms with E-state index < -0.39 is 5.69 Å². The number of nitriles is 1. The third-order valence-electron chi connectivity index (χ3n) is 3.59. The van der Waals surface area contributed by atoms with Crippen molar-refractivity contribution in [2.24, 2.45) is 7.05 Å². The van der Waals surface area contributed by atoms with E-state index in [0.717, 1.165) is 14.7 Å². The first-order valence-electron chi connectivity index (χ1n) is 6.58. The van der Waals surface area contributed by atoms with E-state index in [1.165, 1.54) is 22.2 Å². The second-order valence-corrected chi connectivity index (χ2v) is 5.75. The van der Waals surface area contributed by atoms with Crippen LogP contribution in [0.2, 0.25) is 0 Å². The number of aromatic nitrogens is 3. The Morgan fingerprint density at radius 2 is 2.09 bits per heavy atom. The van der Waals surface area contributed by atoms with E-state index in [0.29, 0.717) is 17.1 Å². The molecule has 0 aliphatic carbocycles. The minimum Gasteiger partial charge on any atom is -0.301 e. The summed E-state index contributed by atoms with van der Waals surface area (Å²) < 4.78 is 7.72. The van der Waals surface area contributed by atoms with E-state index in [1.54, 1.807) is 26.1 Å². The Hall–Kier alpha value is -2.72. The Kier molecular flexibility index (Phi) is 3.39. The van der Waals surface area contributed by atoms with Gasteiger partial charge in [0, 0.05) is 24.2 Å². The summed E-state index contributed by atoms with van der Waals surface area (Å²) >= 11 is 1.30. The lowest BCUT2D eigenvalue weighted by molar-refractivity contribution is 0.714. The summed E-state index contributed by atoms with van der Waals surface area (Å²) in [4.78, 5) is 24.5. The molecule has 22 heavy (non-hydrogen) atoms. The van der Waals surface area contributed by atoms with E-state index in [9.17, 15) is 9.59 Å². The van der Waals surface area contributed by atoms with E-state index in [-0.39, 0.29) is 12.0 Å². The molecule has 0 amide bonds. The molecule has 0 aliphatic rings. The maximum absolute atomic E-state index is 12.4. The van der Waals surface area contributed by atoms with Crippen LogP contribution >= 0.6 is 11.5 Å². The van der Waals surface area contributed by atoms with Gasteiger partial charge in [0.15, 0.2) is 0 Å². The maximum atomic E-state index is 12.4. The summed E-state index contributed by atoms with van der Waals surface area (Å²) in [5.74, 6) is 0. The minimum atomic E-state index is -0.394. The monoisotopic (exact) mass is 312 g/mol. The van der Waals surface area contributed by atoms with Crippen molar-refractivity contribution in [2.75, 3.05) is 0 Å². The predicted molar refractivity (Wildman–Crippen MR) is 84.5 cm³/mol. The van der Waals surface area contributed by atoms with Gasteiger partial charge in [-0.1, -0.05) is 0 Å². The zero-order valence-corrected chi connectivity index (χ0v) is 12.8. The van der Waals surface area contributed by atoms with Crippen molar-refractivity contribution in [1.82, 2.24) is 13.5 Å². The predicted octanol–water partition coefficient (Wildman–Crippen LogP) is 1.52. The van der Waals surface area contributed by atoms with Gasteiger partial charge in [-0.25, -0.2) is 9.36 Å². The molecule has 0 N–H and O–H groups in total. The second kappa shape index (κ2) is 5.24. The first-order chi connectivity index (χ1) is 10.5. The highest BCUT2D eigenvalue weighted by Crippen LogP contribution is 2.25. The van der Waals surface area contributed by atoms with Gasteiger partial charge >= 0.3 is 5.69 Å². The Bertz CT molecular complexity index is 1040. The summed E-state index contributed by atoms with van der Waals surface area (Å²) in [5.41, 5.74) is 0.993. The summed E-state index contributed by atoms with van der Waals surface area (Å²) in [6, 6.07) is 8.77. The van der Waals surface area contributed by atoms with Crippen LogP contribution in [0.3, 0.4) is 0 Å². The fourth-order valence-electron chi connectivity index (χ4n) is 2.29. The molecule has 0 spiro atoms. The standard InChI is InChI=1S/C15H12N4O2S/c1-9-7-14(20)19(15(21)18(9)2)10-3-4-13-11(8-10)12(5-6-16)17-22-13/h3-4,7-8H,5H2,1-2H3. The molecule has 0 bridgehead atoms. The number of hydrogen-bond donors (Lipinski definition) is 0. The normalized spacial score (nSPS) is 10.8. The smallest absolute Gasteiger partial charge is 0.301 e. The fourth-order valence-corrected chi connectivity index (χ4v) is 3.07. The van der Waals surface area contributed by atoms with Crippen LogP contribution in [0.4, 0.5) is 0 Å². The van der Waals surface area contributed by atoms with Crippen molar-refractivity contribution in [1.29, 1.82) is 5.26 Å². The van der Waals surface area contributed by atoms with Gasteiger partial charge in [0.25, 0.3) is 5.56 Å². The molecule has 0 saturated carbocycles. The van der Waals surface area contributed by atoms with Crippen LogP contribution in [0.1, 0.15) is 11.4 Å². The molecule has 0 unspecified atom stereocenters. The molecule has 7 heteroatoms. The molecule has 3 rings (SSSR count). The zero-order chi connectivity index (χ0) is 15.9. The van der Waals surface area contributed by atoms with Gasteiger partial charge in [0.1, 0.15) is 0 Å². The summed E-state index contributed by atoms with van der Waals surface area (Å²) in [7, 11) is 1.62. The average molecular weight is 312 g/mol. The molecule has 2 aromatic heterocycles. The van der Waals surface area contributed by atoms with Crippen molar-refractivity contribution in [3.8, 4) is 11.8 Å². The molecular weight excluding hydrogens is 300 g/mol. The van der Waals surface area contributed by atoms with Crippen LogP contribution in [-0.2, 0) is 13.5 Å². The molecule has 3 aromatic rings. The zero-order valence-electron chi connectivity index (χ0n) is 12.0. The van der Waals surface area contributed by atoms with E-state index in [1.807, 2.05) is 6.07 Å². The fraction of sp³-hybridized carbons (Fsp3) is 0.200. The first-order valence-corrected chi connectivity index (χ1v) is 7.35. The Labute approximate surface area is 129 Å². The largest absolute Gasteiger partial charge is 0.335 e. The molecule has 0 saturated heterocycles. The minimum absolute atomic E-state index is 0.199. The van der Waals surface area contributed by atoms with Gasteiger partial charge < -0.3 is 4.57 Å². The van der Waals surface area contributed by atoms with Gasteiger partial charge in [0.05, 0.1) is 28.6 Å². The summed E-state index contributed by atoms with van der Waals surface area (Å²) in [6.07, 6.45) is 0.199. The highest BCUT2D eigenvalue weighted by molar-refractivity contribution is 7.13. The van der Waals surface area contributed by atoms with Crippen LogP contribution < -0.4 is 11.2 Å². The number of hydrogen-bond acceptors (Lipinski definition) is 5. The third kappa shape index (κ3) is 2.14. The molecular formula is C15H12N4O2S. The van der Waals surface area contributed by atoms with Crippen molar-refractivity contribution in [3.63, 3.8) is 0 Å². The quantitative estimate of drug-likeness (QED) is 0.718. The molecule has 110 valence electrons. The molecule has 6 nitrogen and oxygen atoms in total. The van der Waals surface area contributed by atoms with Gasteiger partial charge in [0.2, 0.25) is 0 Å². The van der Waals surface area contributed by atoms with Crippen molar-refractivity contribution < 1.29 is 0 Å². The number of nitrogens with zero attached hydrogens (tertiary/aromatic N) is 4. The topological polar surface area (TPSA) is 80.7 Å². The molecule has 2 heterocycles. The van der Waals surface area contributed by atoms with Gasteiger partial charge in [-0.05, 0) is 36.7 Å². The lowest BCUT2D eigenvalue weighted by Crippen LogP contribution is -2.38. The molecule has 0 radical (unpaired) electrons. The van der Waals surface area contributed by atoms with Crippen LogP contribution in [0.25, 0.3) is 15.8 Å². The molecule has 0 fully saturated rings. The number of aryl methyl sites for hydroxylation is 1. The van der Waals surface area contributed by atoms with Gasteiger partial charge in [-0.3, -0.25) is 4.79 Å². The lowest BCUT2D eigenvalue weighted by Gasteiger charge is -2.09. The SMILES string of the molecule is Cc1cc(=O)n(-c2ccc3snc(CC#N)c3c2)c(=O)n1C. The van der Waals surface area contributed by atoms with Crippen LogP contribution in [0.5, 0.6) is 0 Å². The van der Waals surface area contributed by atoms with Gasteiger partial charge in [-0.2, -0.15) is 9.64 Å². The Balaban J connectivity index is 2.30. The van der Waals surface area contributed by atoms with Gasteiger partial charge in [-0.15, -0.1) is 0 Å². The molecule has 0 aliphatic heterocycles.